The number of hydrogen-bond acceptors (Lipinski definition) is 4. The zero-order valence-electron chi connectivity index (χ0n) is 15.8. The molecule has 1 aliphatic heterocycles. The molecule has 1 saturated heterocycles. The number of halogens is 3. The Labute approximate surface area is 175 Å². The van der Waals surface area contributed by atoms with Crippen molar-refractivity contribution in [2.24, 2.45) is 0 Å². The van der Waals surface area contributed by atoms with E-state index in [9.17, 15) is 4.39 Å². The van der Waals surface area contributed by atoms with E-state index in [0.717, 1.165) is 67.8 Å². The quantitative estimate of drug-likeness (QED) is 0.623. The average molecular weight is 424 g/mol. The fourth-order valence-electron chi connectivity index (χ4n) is 3.77. The summed E-state index contributed by atoms with van der Waals surface area (Å²) in [6.45, 7) is 6.94. The van der Waals surface area contributed by atoms with Gasteiger partial charge in [-0.25, -0.2) is 14.4 Å². The fraction of sp³-hybridized carbons (Fsp3) is 0.400. The molecule has 0 spiro atoms. The van der Waals surface area contributed by atoms with E-state index in [0.29, 0.717) is 5.28 Å². The maximum atomic E-state index is 13.5. The zero-order chi connectivity index (χ0) is 18.8. The van der Waals surface area contributed by atoms with Crippen molar-refractivity contribution < 1.29 is 4.39 Å². The van der Waals surface area contributed by atoms with Crippen molar-refractivity contribution in [2.45, 2.75) is 19.8 Å². The number of hydrogen-bond donors (Lipinski definition) is 1. The highest BCUT2D eigenvalue weighted by Gasteiger charge is 2.19. The molecule has 2 aromatic heterocycles. The molecule has 28 heavy (non-hydrogen) atoms. The number of fused-ring (bicyclic) bond motifs is 1. The van der Waals surface area contributed by atoms with Gasteiger partial charge in [-0.15, -0.1) is 12.4 Å². The standard InChI is InChI=1S/C20H23ClFN5.ClH/c1-14-12-24-20(21)25-19(14)27-9-7-26(8-10-27)6-2-3-15-13-23-18-5-4-16(22)11-17(15)18;/h4-5,11-13,23H,2-3,6-10H2,1H3;1H. The Balaban J connectivity index is 0.00000225. The van der Waals surface area contributed by atoms with Crippen LogP contribution in [0.3, 0.4) is 0 Å². The summed E-state index contributed by atoms with van der Waals surface area (Å²) >= 11 is 5.95. The Morgan fingerprint density at radius 3 is 2.79 bits per heavy atom. The first-order valence-electron chi connectivity index (χ1n) is 9.32. The molecule has 0 atom stereocenters. The van der Waals surface area contributed by atoms with Crippen LogP contribution < -0.4 is 4.90 Å². The molecule has 0 bridgehead atoms. The summed E-state index contributed by atoms with van der Waals surface area (Å²) < 4.78 is 13.5. The summed E-state index contributed by atoms with van der Waals surface area (Å²) in [7, 11) is 0. The summed E-state index contributed by atoms with van der Waals surface area (Å²) in [6.07, 6.45) is 5.79. The summed E-state index contributed by atoms with van der Waals surface area (Å²) in [6, 6.07) is 4.92. The third-order valence-corrected chi connectivity index (χ3v) is 5.42. The van der Waals surface area contributed by atoms with Crippen molar-refractivity contribution in [3.63, 3.8) is 0 Å². The SMILES string of the molecule is Cc1cnc(Cl)nc1N1CCN(CCCc2c[nH]c3ccc(F)cc23)CC1.Cl. The number of aromatic amines is 1. The Hall–Kier alpha value is -1.89. The van der Waals surface area contributed by atoms with Crippen molar-refractivity contribution in [2.75, 3.05) is 37.6 Å². The summed E-state index contributed by atoms with van der Waals surface area (Å²) in [5, 5.41) is 1.30. The molecule has 0 amide bonds. The summed E-state index contributed by atoms with van der Waals surface area (Å²) in [4.78, 5) is 16.4. The first-order valence-corrected chi connectivity index (χ1v) is 9.70. The lowest BCUT2D eigenvalue weighted by Gasteiger charge is -2.36. The molecule has 1 aliphatic rings. The van der Waals surface area contributed by atoms with E-state index >= 15 is 0 Å². The molecule has 8 heteroatoms. The Morgan fingerprint density at radius 1 is 1.21 bits per heavy atom. The highest BCUT2D eigenvalue weighted by Crippen LogP contribution is 2.22. The largest absolute Gasteiger partial charge is 0.361 e. The molecule has 0 aliphatic carbocycles. The van der Waals surface area contributed by atoms with Gasteiger partial charge < -0.3 is 9.88 Å². The number of nitrogens with one attached hydrogen (secondary N) is 1. The van der Waals surface area contributed by atoms with Gasteiger partial charge in [-0.1, -0.05) is 0 Å². The average Bonchev–Trinajstić information content (AvgIpc) is 3.06. The minimum absolute atomic E-state index is 0. The van der Waals surface area contributed by atoms with Crippen LogP contribution in [-0.2, 0) is 6.42 Å². The number of aromatic nitrogens is 3. The van der Waals surface area contributed by atoms with Gasteiger partial charge in [-0.3, -0.25) is 4.90 Å². The molecule has 3 aromatic rings. The fourth-order valence-corrected chi connectivity index (χ4v) is 3.90. The number of rotatable bonds is 5. The van der Waals surface area contributed by atoms with Crippen LogP contribution in [0.1, 0.15) is 17.5 Å². The van der Waals surface area contributed by atoms with E-state index in [1.165, 1.54) is 11.6 Å². The first kappa shape index (κ1) is 20.8. The monoisotopic (exact) mass is 423 g/mol. The van der Waals surface area contributed by atoms with E-state index in [4.69, 9.17) is 11.6 Å². The van der Waals surface area contributed by atoms with Crippen LogP contribution in [0.4, 0.5) is 10.2 Å². The Morgan fingerprint density at radius 2 is 2.00 bits per heavy atom. The summed E-state index contributed by atoms with van der Waals surface area (Å²) in [5.74, 6) is 0.759. The van der Waals surface area contributed by atoms with Crippen molar-refractivity contribution in [1.29, 1.82) is 0 Å². The van der Waals surface area contributed by atoms with Crippen LogP contribution in [0.15, 0.2) is 30.6 Å². The minimum atomic E-state index is -0.181. The number of piperazine rings is 1. The van der Waals surface area contributed by atoms with E-state index < -0.39 is 0 Å². The number of benzene rings is 1. The summed E-state index contributed by atoms with van der Waals surface area (Å²) in [5.41, 5.74) is 3.24. The molecule has 1 aromatic carbocycles. The van der Waals surface area contributed by atoms with E-state index in [1.54, 1.807) is 18.3 Å². The maximum Gasteiger partial charge on any atom is 0.224 e. The van der Waals surface area contributed by atoms with Gasteiger partial charge in [0.25, 0.3) is 0 Å². The lowest BCUT2D eigenvalue weighted by atomic mass is 10.1. The van der Waals surface area contributed by atoms with Gasteiger partial charge in [0.2, 0.25) is 5.28 Å². The number of nitrogens with zero attached hydrogens (tertiary/aromatic N) is 4. The van der Waals surface area contributed by atoms with Crippen molar-refractivity contribution in [1.82, 2.24) is 19.9 Å². The molecular formula is C20H24Cl2FN5. The van der Waals surface area contributed by atoms with Crippen molar-refractivity contribution in [3.8, 4) is 0 Å². The van der Waals surface area contributed by atoms with Crippen LogP contribution >= 0.6 is 24.0 Å². The number of anilines is 1. The van der Waals surface area contributed by atoms with Crippen LogP contribution in [0.2, 0.25) is 5.28 Å². The molecule has 0 unspecified atom stereocenters. The van der Waals surface area contributed by atoms with Crippen LogP contribution in [0.5, 0.6) is 0 Å². The molecule has 0 radical (unpaired) electrons. The molecular weight excluding hydrogens is 400 g/mol. The highest BCUT2D eigenvalue weighted by molar-refractivity contribution is 6.28. The van der Waals surface area contributed by atoms with Crippen LogP contribution in [-0.4, -0.2) is 52.6 Å². The third kappa shape index (κ3) is 4.57. The smallest absolute Gasteiger partial charge is 0.224 e. The predicted octanol–water partition coefficient (Wildman–Crippen LogP) is 4.24. The molecule has 3 heterocycles. The lowest BCUT2D eigenvalue weighted by Crippen LogP contribution is -2.47. The Bertz CT molecular complexity index is 937. The van der Waals surface area contributed by atoms with Gasteiger partial charge in [-0.2, -0.15) is 0 Å². The first-order chi connectivity index (χ1) is 13.1. The molecule has 0 saturated carbocycles. The number of aryl methyl sites for hydroxylation is 2. The lowest BCUT2D eigenvalue weighted by molar-refractivity contribution is 0.254. The van der Waals surface area contributed by atoms with Gasteiger partial charge in [-0.05, 0) is 61.7 Å². The van der Waals surface area contributed by atoms with Crippen molar-refractivity contribution in [3.05, 3.63) is 52.8 Å². The number of H-pyrrole nitrogens is 1. The van der Waals surface area contributed by atoms with E-state index in [2.05, 4.69) is 24.8 Å². The second-order valence-corrected chi connectivity index (χ2v) is 7.42. The van der Waals surface area contributed by atoms with Gasteiger partial charge in [0, 0.05) is 55.0 Å². The second-order valence-electron chi connectivity index (χ2n) is 7.08. The Kier molecular flexibility index (Phi) is 6.75. The maximum absolute atomic E-state index is 13.5. The van der Waals surface area contributed by atoms with Gasteiger partial charge in [0.15, 0.2) is 0 Å². The van der Waals surface area contributed by atoms with E-state index in [-0.39, 0.29) is 18.2 Å². The molecule has 1 N–H and O–H groups in total. The zero-order valence-corrected chi connectivity index (χ0v) is 17.4. The molecule has 4 rings (SSSR count). The van der Waals surface area contributed by atoms with Crippen LogP contribution in [0.25, 0.3) is 10.9 Å². The van der Waals surface area contributed by atoms with Gasteiger partial charge >= 0.3 is 0 Å². The van der Waals surface area contributed by atoms with Gasteiger partial charge in [0.1, 0.15) is 11.6 Å². The van der Waals surface area contributed by atoms with E-state index in [1.807, 2.05) is 13.1 Å². The predicted molar refractivity (Wildman–Crippen MR) is 114 cm³/mol. The van der Waals surface area contributed by atoms with Crippen molar-refractivity contribution >= 4 is 40.7 Å². The van der Waals surface area contributed by atoms with Gasteiger partial charge in [0.05, 0.1) is 0 Å². The molecule has 150 valence electrons. The molecule has 1 fully saturated rings. The topological polar surface area (TPSA) is 48.1 Å². The van der Waals surface area contributed by atoms with Crippen LogP contribution in [0, 0.1) is 12.7 Å². The molecule has 5 nitrogen and oxygen atoms in total. The minimum Gasteiger partial charge on any atom is -0.361 e. The highest BCUT2D eigenvalue weighted by atomic mass is 35.5. The second kappa shape index (κ2) is 9.07. The third-order valence-electron chi connectivity index (χ3n) is 5.24. The normalized spacial score (nSPS) is 15.0.